The molecule has 0 saturated carbocycles. The highest BCUT2D eigenvalue weighted by molar-refractivity contribution is 5.91. The number of nitrogens with one attached hydrogen (secondary N) is 1. The molecule has 1 saturated heterocycles. The van der Waals surface area contributed by atoms with Gasteiger partial charge in [-0.25, -0.2) is 9.59 Å². The van der Waals surface area contributed by atoms with E-state index in [0.29, 0.717) is 36.6 Å². The number of hydrogen-bond acceptors (Lipinski definition) is 5. The van der Waals surface area contributed by atoms with Gasteiger partial charge in [-0.1, -0.05) is 0 Å². The monoisotopic (exact) mass is 264 g/mol. The molecule has 2 amide bonds. The van der Waals surface area contributed by atoms with Crippen molar-refractivity contribution < 1.29 is 14.3 Å². The van der Waals surface area contributed by atoms with Crippen molar-refractivity contribution in [1.29, 1.82) is 0 Å². The predicted octanol–water partition coefficient (Wildman–Crippen LogP) is 0.0330. The highest BCUT2D eigenvalue weighted by Crippen LogP contribution is 2.14. The molecule has 7 nitrogen and oxygen atoms in total. The minimum atomic E-state index is -0.501. The van der Waals surface area contributed by atoms with Gasteiger partial charge in [-0.2, -0.15) is 0 Å². The fourth-order valence-electron chi connectivity index (χ4n) is 1.85. The number of hydrogen-bond donors (Lipinski definition) is 3. The first-order valence-electron chi connectivity index (χ1n) is 5.92. The van der Waals surface area contributed by atoms with Gasteiger partial charge in [0.25, 0.3) is 0 Å². The van der Waals surface area contributed by atoms with E-state index in [1.54, 1.807) is 11.0 Å². The van der Waals surface area contributed by atoms with Crippen LogP contribution in [0.15, 0.2) is 18.2 Å². The summed E-state index contributed by atoms with van der Waals surface area (Å²) in [6.45, 7) is 1.76. The molecule has 1 fully saturated rings. The highest BCUT2D eigenvalue weighted by atomic mass is 16.5. The lowest BCUT2D eigenvalue weighted by Crippen LogP contribution is -2.31. The number of rotatable bonds is 4. The number of benzene rings is 1. The molecule has 2 rings (SSSR count). The fourth-order valence-corrected chi connectivity index (χ4v) is 1.85. The van der Waals surface area contributed by atoms with Gasteiger partial charge in [0.15, 0.2) is 0 Å². The second-order valence-electron chi connectivity index (χ2n) is 4.24. The van der Waals surface area contributed by atoms with Crippen molar-refractivity contribution in [3.8, 4) is 0 Å². The Morgan fingerprint density at radius 2 is 2.00 bits per heavy atom. The molecule has 0 spiro atoms. The van der Waals surface area contributed by atoms with Gasteiger partial charge in [-0.05, 0) is 18.2 Å². The van der Waals surface area contributed by atoms with Gasteiger partial charge in [-0.3, -0.25) is 0 Å². The average molecular weight is 264 g/mol. The van der Waals surface area contributed by atoms with Gasteiger partial charge in [-0.15, -0.1) is 0 Å². The maximum Gasteiger partial charge on any atom is 0.338 e. The van der Waals surface area contributed by atoms with Crippen LogP contribution in [0.2, 0.25) is 0 Å². The van der Waals surface area contributed by atoms with Gasteiger partial charge in [0.05, 0.1) is 12.1 Å². The molecule has 1 aliphatic heterocycles. The normalized spacial score (nSPS) is 14.3. The molecule has 5 N–H and O–H groups in total. The van der Waals surface area contributed by atoms with E-state index in [1.807, 2.05) is 0 Å². The van der Waals surface area contributed by atoms with Crippen molar-refractivity contribution in [2.75, 3.05) is 37.7 Å². The Morgan fingerprint density at radius 1 is 1.32 bits per heavy atom. The van der Waals surface area contributed by atoms with Gasteiger partial charge < -0.3 is 26.4 Å². The van der Waals surface area contributed by atoms with Crippen LogP contribution in [-0.2, 0) is 4.74 Å². The minimum Gasteiger partial charge on any atom is -0.460 e. The number of carbonyl (C=O) groups is 2. The number of urea groups is 1. The average Bonchev–Trinajstić information content (AvgIpc) is 2.74. The Balaban J connectivity index is 1.85. The quantitative estimate of drug-likeness (QED) is 0.525. The van der Waals surface area contributed by atoms with E-state index >= 15 is 0 Å². The first kappa shape index (κ1) is 13.0. The van der Waals surface area contributed by atoms with Crippen molar-refractivity contribution in [3.63, 3.8) is 0 Å². The molecule has 0 radical (unpaired) electrons. The molecule has 1 aromatic carbocycles. The Hall–Kier alpha value is -2.44. The predicted molar refractivity (Wildman–Crippen MR) is 70.5 cm³/mol. The third kappa shape index (κ3) is 3.27. The third-order valence-electron chi connectivity index (χ3n) is 2.75. The topological polar surface area (TPSA) is 111 Å². The summed E-state index contributed by atoms with van der Waals surface area (Å²) in [5.74, 6) is -0.501. The summed E-state index contributed by atoms with van der Waals surface area (Å²) in [5.41, 5.74) is 12.3. The standard InChI is InChI=1S/C12H16N4O3/c13-9-5-8(6-10(14)7-9)11(17)19-4-3-16-2-1-15-12(16)18/h5-7H,1-4,13-14H2,(H,15,18). The van der Waals surface area contributed by atoms with E-state index in [1.165, 1.54) is 12.1 Å². The molecule has 0 unspecified atom stereocenters. The van der Waals surface area contributed by atoms with Crippen LogP contribution in [0.1, 0.15) is 10.4 Å². The smallest absolute Gasteiger partial charge is 0.338 e. The number of nitrogens with zero attached hydrogens (tertiary/aromatic N) is 1. The van der Waals surface area contributed by atoms with Crippen LogP contribution < -0.4 is 16.8 Å². The maximum absolute atomic E-state index is 11.8. The molecule has 0 bridgehead atoms. The number of carbonyl (C=O) groups excluding carboxylic acids is 2. The number of nitrogen functional groups attached to an aromatic ring is 2. The van der Waals surface area contributed by atoms with Crippen LogP contribution in [0.5, 0.6) is 0 Å². The Kier molecular flexibility index (Phi) is 3.74. The third-order valence-corrected chi connectivity index (χ3v) is 2.75. The molecule has 0 aromatic heterocycles. The zero-order valence-corrected chi connectivity index (χ0v) is 10.4. The van der Waals surface area contributed by atoms with Crippen molar-refractivity contribution >= 4 is 23.4 Å². The van der Waals surface area contributed by atoms with Crippen LogP contribution in [0.4, 0.5) is 16.2 Å². The summed E-state index contributed by atoms with van der Waals surface area (Å²) >= 11 is 0. The van der Waals surface area contributed by atoms with E-state index < -0.39 is 5.97 Å². The largest absolute Gasteiger partial charge is 0.460 e. The van der Waals surface area contributed by atoms with E-state index in [9.17, 15) is 9.59 Å². The fraction of sp³-hybridized carbons (Fsp3) is 0.333. The second-order valence-corrected chi connectivity index (χ2v) is 4.24. The highest BCUT2D eigenvalue weighted by Gasteiger charge is 2.19. The molecule has 1 aromatic rings. The Bertz CT molecular complexity index is 483. The zero-order chi connectivity index (χ0) is 13.8. The number of esters is 1. The van der Waals surface area contributed by atoms with Crippen molar-refractivity contribution in [3.05, 3.63) is 23.8 Å². The molecule has 102 valence electrons. The van der Waals surface area contributed by atoms with Gasteiger partial charge in [0.2, 0.25) is 0 Å². The van der Waals surface area contributed by atoms with E-state index in [2.05, 4.69) is 5.32 Å². The summed E-state index contributed by atoms with van der Waals surface area (Å²) < 4.78 is 5.08. The first-order chi connectivity index (χ1) is 9.06. The van der Waals surface area contributed by atoms with Crippen LogP contribution in [0, 0.1) is 0 Å². The molecule has 1 heterocycles. The van der Waals surface area contributed by atoms with Crippen molar-refractivity contribution in [2.45, 2.75) is 0 Å². The van der Waals surface area contributed by atoms with Crippen LogP contribution in [0.3, 0.4) is 0 Å². The lowest BCUT2D eigenvalue weighted by atomic mass is 10.2. The number of anilines is 2. The lowest BCUT2D eigenvalue weighted by Gasteiger charge is -2.14. The van der Waals surface area contributed by atoms with Crippen LogP contribution in [-0.4, -0.2) is 43.1 Å². The van der Waals surface area contributed by atoms with Gasteiger partial charge in [0.1, 0.15) is 6.61 Å². The minimum absolute atomic E-state index is 0.135. The number of amides is 2. The molecule has 7 heteroatoms. The first-order valence-corrected chi connectivity index (χ1v) is 5.92. The van der Waals surface area contributed by atoms with E-state index in [4.69, 9.17) is 16.2 Å². The Morgan fingerprint density at radius 3 is 2.58 bits per heavy atom. The van der Waals surface area contributed by atoms with E-state index in [0.717, 1.165) is 0 Å². The summed E-state index contributed by atoms with van der Waals surface area (Å²) in [5, 5.41) is 2.67. The molecule has 19 heavy (non-hydrogen) atoms. The Labute approximate surface area is 110 Å². The molecule has 1 aliphatic rings. The second kappa shape index (κ2) is 5.47. The molecule has 0 aliphatic carbocycles. The summed E-state index contributed by atoms with van der Waals surface area (Å²) in [4.78, 5) is 24.6. The summed E-state index contributed by atoms with van der Waals surface area (Å²) in [6.07, 6.45) is 0. The SMILES string of the molecule is Nc1cc(N)cc(C(=O)OCCN2CCNC2=O)c1. The zero-order valence-electron chi connectivity index (χ0n) is 10.4. The van der Waals surface area contributed by atoms with Crippen LogP contribution >= 0.6 is 0 Å². The summed E-state index contributed by atoms with van der Waals surface area (Å²) in [6, 6.07) is 4.43. The van der Waals surface area contributed by atoms with Crippen molar-refractivity contribution in [1.82, 2.24) is 10.2 Å². The van der Waals surface area contributed by atoms with Crippen LogP contribution in [0.25, 0.3) is 0 Å². The lowest BCUT2D eigenvalue weighted by molar-refractivity contribution is 0.0481. The van der Waals surface area contributed by atoms with Gasteiger partial charge in [0, 0.05) is 24.5 Å². The maximum atomic E-state index is 11.8. The van der Waals surface area contributed by atoms with Gasteiger partial charge >= 0.3 is 12.0 Å². The summed E-state index contributed by atoms with van der Waals surface area (Å²) in [7, 11) is 0. The molecular formula is C12H16N4O3. The number of nitrogens with two attached hydrogens (primary N) is 2. The molecule has 0 atom stereocenters. The molecular weight excluding hydrogens is 248 g/mol. The van der Waals surface area contributed by atoms with E-state index in [-0.39, 0.29) is 12.6 Å². The number of ether oxygens (including phenoxy) is 1. The van der Waals surface area contributed by atoms with Crippen molar-refractivity contribution in [2.24, 2.45) is 0 Å².